The Morgan fingerprint density at radius 3 is 2.26 bits per heavy atom. The number of hydrogen-bond donors (Lipinski definition) is 2. The fourth-order valence-electron chi connectivity index (χ4n) is 2.04. The van der Waals surface area contributed by atoms with Crippen LogP contribution in [0.15, 0.2) is 47.4 Å². The minimum Gasteiger partial charge on any atom is -0.325 e. The third kappa shape index (κ3) is 5.41. The normalized spacial score (nSPS) is 13.3. The van der Waals surface area contributed by atoms with E-state index in [9.17, 15) is 30.8 Å². The van der Waals surface area contributed by atoms with Gasteiger partial charge in [0, 0.05) is 5.69 Å². The lowest BCUT2D eigenvalue weighted by Crippen LogP contribution is -2.41. The van der Waals surface area contributed by atoms with E-state index in [1.54, 1.807) is 0 Å². The molecule has 5 nitrogen and oxygen atoms in total. The van der Waals surface area contributed by atoms with Gasteiger partial charge in [0.1, 0.15) is 5.82 Å². The maximum Gasteiger partial charge on any atom is 0.417 e. The molecule has 2 N–H and O–H groups in total. The lowest BCUT2D eigenvalue weighted by molar-refractivity contribution is -0.137. The first-order chi connectivity index (χ1) is 12.4. The van der Waals surface area contributed by atoms with E-state index in [1.165, 1.54) is 6.92 Å². The zero-order valence-corrected chi connectivity index (χ0v) is 15.2. The van der Waals surface area contributed by atoms with Crippen molar-refractivity contribution in [2.45, 2.75) is 24.0 Å². The van der Waals surface area contributed by atoms with E-state index in [1.807, 2.05) is 0 Å². The Bertz CT molecular complexity index is 947. The minimum atomic E-state index is -4.71. The zero-order chi connectivity index (χ0) is 20.4. The predicted octanol–water partition coefficient (Wildman–Crippen LogP) is 3.80. The molecule has 0 aliphatic carbocycles. The fourth-order valence-corrected chi connectivity index (χ4v) is 3.47. The van der Waals surface area contributed by atoms with Gasteiger partial charge >= 0.3 is 6.18 Å². The molecule has 0 spiro atoms. The summed E-state index contributed by atoms with van der Waals surface area (Å²) in [7, 11) is -4.13. The van der Waals surface area contributed by atoms with Crippen molar-refractivity contribution in [3.8, 4) is 0 Å². The average molecular weight is 425 g/mol. The van der Waals surface area contributed by atoms with E-state index in [4.69, 9.17) is 11.6 Å². The largest absolute Gasteiger partial charge is 0.417 e. The van der Waals surface area contributed by atoms with Gasteiger partial charge in [0.05, 0.1) is 21.5 Å². The molecule has 146 valence electrons. The van der Waals surface area contributed by atoms with Gasteiger partial charge in [-0.15, -0.1) is 0 Å². The van der Waals surface area contributed by atoms with Crippen molar-refractivity contribution in [3.63, 3.8) is 0 Å². The first-order valence-corrected chi connectivity index (χ1v) is 9.22. The van der Waals surface area contributed by atoms with Crippen LogP contribution >= 0.6 is 11.6 Å². The Morgan fingerprint density at radius 1 is 1.11 bits per heavy atom. The van der Waals surface area contributed by atoms with Crippen LogP contribution < -0.4 is 10.0 Å². The lowest BCUT2D eigenvalue weighted by atomic mass is 10.2. The number of alkyl halides is 3. The van der Waals surface area contributed by atoms with Crippen molar-refractivity contribution < 1.29 is 30.8 Å². The average Bonchev–Trinajstić information content (AvgIpc) is 2.55. The summed E-state index contributed by atoms with van der Waals surface area (Å²) in [4.78, 5) is 11.8. The Kier molecular flexibility index (Phi) is 6.13. The van der Waals surface area contributed by atoms with Gasteiger partial charge in [0.25, 0.3) is 0 Å². The molecule has 27 heavy (non-hydrogen) atoms. The van der Waals surface area contributed by atoms with Gasteiger partial charge in [-0.1, -0.05) is 11.6 Å². The quantitative estimate of drug-likeness (QED) is 0.717. The number of sulfonamides is 1. The van der Waals surface area contributed by atoms with Gasteiger partial charge in [0.15, 0.2) is 0 Å². The molecule has 2 aromatic rings. The zero-order valence-electron chi connectivity index (χ0n) is 13.6. The summed E-state index contributed by atoms with van der Waals surface area (Å²) < 4.78 is 77.8. The minimum absolute atomic E-state index is 0.204. The number of nitrogens with one attached hydrogen (secondary N) is 2. The van der Waals surface area contributed by atoms with Gasteiger partial charge < -0.3 is 5.32 Å². The highest BCUT2D eigenvalue weighted by Gasteiger charge is 2.33. The molecule has 2 aromatic carbocycles. The second-order valence-electron chi connectivity index (χ2n) is 5.48. The summed E-state index contributed by atoms with van der Waals surface area (Å²) in [5.41, 5.74) is -1.34. The van der Waals surface area contributed by atoms with Crippen LogP contribution in [0.5, 0.6) is 0 Å². The molecule has 0 aliphatic heterocycles. The van der Waals surface area contributed by atoms with Crippen molar-refractivity contribution in [3.05, 3.63) is 58.9 Å². The van der Waals surface area contributed by atoms with E-state index < -0.39 is 44.6 Å². The number of carbonyl (C=O) groups is 1. The molecule has 1 atom stereocenters. The molecule has 0 aliphatic rings. The van der Waals surface area contributed by atoms with Crippen LogP contribution in [-0.4, -0.2) is 20.4 Å². The Hall–Kier alpha value is -2.17. The highest BCUT2D eigenvalue weighted by molar-refractivity contribution is 7.89. The SMILES string of the molecule is C[C@H](NS(=O)(=O)c1ccc(F)cc1)C(=O)Nc1ccc(Cl)c(C(F)(F)F)c1. The summed E-state index contributed by atoms with van der Waals surface area (Å²) in [6.07, 6.45) is -4.71. The smallest absolute Gasteiger partial charge is 0.325 e. The van der Waals surface area contributed by atoms with Gasteiger partial charge in [-0.3, -0.25) is 4.79 Å². The van der Waals surface area contributed by atoms with Crippen LogP contribution in [0, 0.1) is 5.82 Å². The van der Waals surface area contributed by atoms with Crippen molar-refractivity contribution >= 4 is 33.2 Å². The third-order valence-corrected chi connectivity index (χ3v) is 5.27. The number of halogens is 5. The maximum absolute atomic E-state index is 12.9. The molecule has 0 saturated carbocycles. The summed E-state index contributed by atoms with van der Waals surface area (Å²) >= 11 is 5.49. The van der Waals surface area contributed by atoms with Crippen molar-refractivity contribution in [2.24, 2.45) is 0 Å². The molecule has 0 fully saturated rings. The van der Waals surface area contributed by atoms with Gasteiger partial charge in [-0.2, -0.15) is 17.9 Å². The van der Waals surface area contributed by atoms with Crippen LogP contribution in [0.2, 0.25) is 5.02 Å². The number of hydrogen-bond acceptors (Lipinski definition) is 3. The van der Waals surface area contributed by atoms with E-state index in [0.29, 0.717) is 6.07 Å². The Balaban J connectivity index is 2.13. The number of rotatable bonds is 5. The van der Waals surface area contributed by atoms with Crippen LogP contribution in [0.3, 0.4) is 0 Å². The molecule has 11 heteroatoms. The van der Waals surface area contributed by atoms with Crippen molar-refractivity contribution in [1.29, 1.82) is 0 Å². The third-order valence-electron chi connectivity index (χ3n) is 3.39. The first kappa shape index (κ1) is 21.1. The molecule has 2 rings (SSSR count). The summed E-state index contributed by atoms with van der Waals surface area (Å²) in [6.45, 7) is 1.21. The second-order valence-corrected chi connectivity index (χ2v) is 7.60. The topological polar surface area (TPSA) is 75.3 Å². The molecule has 0 bridgehead atoms. The maximum atomic E-state index is 12.9. The molecule has 0 saturated heterocycles. The lowest BCUT2D eigenvalue weighted by Gasteiger charge is -2.16. The fraction of sp³-hybridized carbons (Fsp3) is 0.188. The van der Waals surface area contributed by atoms with E-state index in [0.717, 1.165) is 36.4 Å². The van der Waals surface area contributed by atoms with Crippen LogP contribution in [-0.2, 0) is 21.0 Å². The van der Waals surface area contributed by atoms with Crippen molar-refractivity contribution in [1.82, 2.24) is 4.72 Å². The van der Waals surface area contributed by atoms with Crippen LogP contribution in [0.25, 0.3) is 0 Å². The number of carbonyl (C=O) groups excluding carboxylic acids is 1. The number of amides is 1. The predicted molar refractivity (Wildman–Crippen MR) is 91.3 cm³/mol. The van der Waals surface area contributed by atoms with E-state index >= 15 is 0 Å². The Morgan fingerprint density at radius 2 is 1.70 bits per heavy atom. The van der Waals surface area contributed by atoms with Gasteiger partial charge in [-0.05, 0) is 49.4 Å². The monoisotopic (exact) mass is 424 g/mol. The van der Waals surface area contributed by atoms with Crippen LogP contribution in [0.1, 0.15) is 12.5 Å². The number of anilines is 1. The molecule has 0 aromatic heterocycles. The van der Waals surface area contributed by atoms with E-state index in [2.05, 4.69) is 10.0 Å². The Labute approximate surface area is 157 Å². The number of benzene rings is 2. The second kappa shape index (κ2) is 7.83. The molecule has 0 heterocycles. The molecule has 0 unspecified atom stereocenters. The summed E-state index contributed by atoms with van der Waals surface area (Å²) in [6, 6.07) is 5.34. The molecular formula is C16H13ClF4N2O3S. The van der Waals surface area contributed by atoms with Gasteiger partial charge in [-0.25, -0.2) is 12.8 Å². The standard InChI is InChI=1S/C16H13ClF4N2O3S/c1-9(23-27(25,26)12-5-2-10(18)3-6-12)15(24)22-11-4-7-14(17)13(8-11)16(19,20)21/h2-9,23H,1H3,(H,22,24)/t9-/m0/s1. The van der Waals surface area contributed by atoms with E-state index in [-0.39, 0.29) is 10.6 Å². The first-order valence-electron chi connectivity index (χ1n) is 7.35. The summed E-state index contributed by atoms with van der Waals surface area (Å²) in [5.74, 6) is -1.53. The van der Waals surface area contributed by atoms with Crippen molar-refractivity contribution in [2.75, 3.05) is 5.32 Å². The van der Waals surface area contributed by atoms with Gasteiger partial charge in [0.2, 0.25) is 15.9 Å². The highest BCUT2D eigenvalue weighted by atomic mass is 35.5. The molecule has 1 amide bonds. The van der Waals surface area contributed by atoms with Crippen LogP contribution in [0.4, 0.5) is 23.2 Å². The highest BCUT2D eigenvalue weighted by Crippen LogP contribution is 2.36. The summed E-state index contributed by atoms with van der Waals surface area (Å²) in [5, 5.41) is 1.64. The molecule has 0 radical (unpaired) electrons. The molecular weight excluding hydrogens is 412 g/mol.